The zero-order valence-electron chi connectivity index (χ0n) is 9.89. The number of nitrogens with zero attached hydrogens (tertiary/aromatic N) is 3. The molecule has 0 aromatic carbocycles. The van der Waals surface area contributed by atoms with Crippen molar-refractivity contribution in [3.8, 4) is 11.4 Å². The smallest absolute Gasteiger partial charge is 0.0995 e. The molecule has 0 amide bonds. The molecule has 1 fully saturated rings. The van der Waals surface area contributed by atoms with Crippen molar-refractivity contribution >= 4 is 11.3 Å². The predicted octanol–water partition coefficient (Wildman–Crippen LogP) is 2.01. The molecule has 1 aliphatic rings. The second kappa shape index (κ2) is 4.58. The minimum Gasteiger partial charge on any atom is -0.317 e. The first-order valence-corrected chi connectivity index (χ1v) is 6.87. The van der Waals surface area contributed by atoms with Crippen LogP contribution in [0.3, 0.4) is 0 Å². The van der Waals surface area contributed by atoms with Crippen LogP contribution < -0.4 is 5.32 Å². The SMILES string of the molecule is Cn1nccc1-c1csc(C2CCNCC2)n1. The van der Waals surface area contributed by atoms with Crippen LogP contribution in [0.25, 0.3) is 11.4 Å². The Bertz CT molecular complexity index is 496. The van der Waals surface area contributed by atoms with Crippen molar-refractivity contribution < 1.29 is 0 Å². The lowest BCUT2D eigenvalue weighted by Crippen LogP contribution is -2.26. The number of hydrogen-bond acceptors (Lipinski definition) is 4. The Kier molecular flexibility index (Phi) is 2.94. The molecule has 0 spiro atoms. The van der Waals surface area contributed by atoms with Gasteiger partial charge in [0.05, 0.1) is 16.4 Å². The number of aromatic nitrogens is 3. The highest BCUT2D eigenvalue weighted by Gasteiger charge is 2.19. The highest BCUT2D eigenvalue weighted by atomic mass is 32.1. The molecule has 1 N–H and O–H groups in total. The number of nitrogens with one attached hydrogen (secondary N) is 1. The molecule has 1 aliphatic heterocycles. The van der Waals surface area contributed by atoms with Gasteiger partial charge in [-0.25, -0.2) is 4.98 Å². The quantitative estimate of drug-likeness (QED) is 0.884. The lowest BCUT2D eigenvalue weighted by molar-refractivity contribution is 0.459. The highest BCUT2D eigenvalue weighted by Crippen LogP contribution is 2.30. The van der Waals surface area contributed by atoms with Crippen LogP contribution in [0.4, 0.5) is 0 Å². The topological polar surface area (TPSA) is 42.7 Å². The van der Waals surface area contributed by atoms with E-state index in [9.17, 15) is 0 Å². The fourth-order valence-electron chi connectivity index (χ4n) is 2.29. The average molecular weight is 248 g/mol. The maximum absolute atomic E-state index is 4.77. The molecule has 3 heterocycles. The standard InChI is InChI=1S/C12H16N4S/c1-16-11(4-7-14-16)10-8-17-12(15-10)9-2-5-13-6-3-9/h4,7-9,13H,2-3,5-6H2,1H3. The molecular weight excluding hydrogens is 232 g/mol. The van der Waals surface area contributed by atoms with Crippen LogP contribution in [0.1, 0.15) is 23.8 Å². The number of hydrogen-bond donors (Lipinski definition) is 1. The summed E-state index contributed by atoms with van der Waals surface area (Å²) < 4.78 is 1.88. The van der Waals surface area contributed by atoms with E-state index < -0.39 is 0 Å². The summed E-state index contributed by atoms with van der Waals surface area (Å²) in [5, 5.41) is 11.0. The van der Waals surface area contributed by atoms with Crippen LogP contribution in [-0.4, -0.2) is 27.9 Å². The molecule has 0 radical (unpaired) electrons. The van der Waals surface area contributed by atoms with E-state index in [0.29, 0.717) is 5.92 Å². The van der Waals surface area contributed by atoms with Gasteiger partial charge in [0, 0.05) is 24.5 Å². The molecule has 90 valence electrons. The number of rotatable bonds is 2. The maximum Gasteiger partial charge on any atom is 0.0995 e. The molecule has 2 aromatic heterocycles. The maximum atomic E-state index is 4.77. The molecule has 0 saturated carbocycles. The molecule has 0 atom stereocenters. The summed E-state index contributed by atoms with van der Waals surface area (Å²) in [6, 6.07) is 2.02. The van der Waals surface area contributed by atoms with Gasteiger partial charge in [-0.15, -0.1) is 11.3 Å². The summed E-state index contributed by atoms with van der Waals surface area (Å²) in [5.41, 5.74) is 2.16. The Morgan fingerprint density at radius 2 is 2.24 bits per heavy atom. The Morgan fingerprint density at radius 3 is 2.94 bits per heavy atom. The van der Waals surface area contributed by atoms with Gasteiger partial charge in [0.25, 0.3) is 0 Å². The highest BCUT2D eigenvalue weighted by molar-refractivity contribution is 7.10. The van der Waals surface area contributed by atoms with E-state index in [1.807, 2.05) is 24.0 Å². The molecule has 3 rings (SSSR count). The van der Waals surface area contributed by atoms with Crippen LogP contribution in [0.5, 0.6) is 0 Å². The molecule has 0 aliphatic carbocycles. The first-order valence-electron chi connectivity index (χ1n) is 5.99. The lowest BCUT2D eigenvalue weighted by Gasteiger charge is -2.20. The molecular formula is C12H16N4S. The van der Waals surface area contributed by atoms with E-state index in [1.54, 1.807) is 11.3 Å². The predicted molar refractivity (Wildman–Crippen MR) is 69.2 cm³/mol. The molecule has 17 heavy (non-hydrogen) atoms. The van der Waals surface area contributed by atoms with E-state index in [-0.39, 0.29) is 0 Å². The Balaban J connectivity index is 1.85. The zero-order valence-corrected chi connectivity index (χ0v) is 10.7. The summed E-state index contributed by atoms with van der Waals surface area (Å²) in [5.74, 6) is 0.642. The van der Waals surface area contributed by atoms with E-state index in [1.165, 1.54) is 17.8 Å². The molecule has 0 unspecified atom stereocenters. The van der Waals surface area contributed by atoms with E-state index >= 15 is 0 Å². The van der Waals surface area contributed by atoms with E-state index in [2.05, 4.69) is 15.8 Å². The molecule has 2 aromatic rings. The Morgan fingerprint density at radius 1 is 1.41 bits per heavy atom. The minimum absolute atomic E-state index is 0.642. The molecule has 1 saturated heterocycles. The van der Waals surface area contributed by atoms with Crippen molar-refractivity contribution in [1.29, 1.82) is 0 Å². The Hall–Kier alpha value is -1.20. The van der Waals surface area contributed by atoms with Gasteiger partial charge in [0.15, 0.2) is 0 Å². The van der Waals surface area contributed by atoms with Gasteiger partial charge in [0.2, 0.25) is 0 Å². The first kappa shape index (κ1) is 10.9. The van der Waals surface area contributed by atoms with Gasteiger partial charge in [-0.3, -0.25) is 4.68 Å². The third-order valence-corrected chi connectivity index (χ3v) is 4.30. The number of piperidine rings is 1. The van der Waals surface area contributed by atoms with Gasteiger partial charge in [-0.05, 0) is 32.0 Å². The first-order chi connectivity index (χ1) is 8.34. The van der Waals surface area contributed by atoms with Crippen molar-refractivity contribution in [1.82, 2.24) is 20.1 Å². The average Bonchev–Trinajstić information content (AvgIpc) is 2.98. The monoisotopic (exact) mass is 248 g/mol. The van der Waals surface area contributed by atoms with Crippen molar-refractivity contribution in [2.24, 2.45) is 7.05 Å². The normalized spacial score (nSPS) is 17.5. The van der Waals surface area contributed by atoms with Crippen molar-refractivity contribution in [2.75, 3.05) is 13.1 Å². The second-order valence-electron chi connectivity index (χ2n) is 4.44. The van der Waals surface area contributed by atoms with Crippen molar-refractivity contribution in [2.45, 2.75) is 18.8 Å². The fraction of sp³-hybridized carbons (Fsp3) is 0.500. The lowest BCUT2D eigenvalue weighted by atomic mass is 9.99. The second-order valence-corrected chi connectivity index (χ2v) is 5.32. The largest absolute Gasteiger partial charge is 0.317 e. The van der Waals surface area contributed by atoms with E-state index in [0.717, 1.165) is 24.5 Å². The van der Waals surface area contributed by atoms with Crippen LogP contribution in [0.15, 0.2) is 17.6 Å². The van der Waals surface area contributed by atoms with Crippen molar-refractivity contribution in [3.05, 3.63) is 22.7 Å². The van der Waals surface area contributed by atoms with Crippen molar-refractivity contribution in [3.63, 3.8) is 0 Å². The van der Waals surface area contributed by atoms with E-state index in [4.69, 9.17) is 4.98 Å². The summed E-state index contributed by atoms with van der Waals surface area (Å²) in [6.07, 6.45) is 4.23. The molecule has 5 heteroatoms. The molecule has 0 bridgehead atoms. The summed E-state index contributed by atoms with van der Waals surface area (Å²) in [4.78, 5) is 4.77. The van der Waals surface area contributed by atoms with Gasteiger partial charge < -0.3 is 5.32 Å². The van der Waals surface area contributed by atoms with Crippen LogP contribution >= 0.6 is 11.3 Å². The Labute approximate surface area is 105 Å². The van der Waals surface area contributed by atoms with Crippen LogP contribution in [0, 0.1) is 0 Å². The summed E-state index contributed by atoms with van der Waals surface area (Å²) in [6.45, 7) is 2.23. The zero-order chi connectivity index (χ0) is 11.7. The number of aryl methyl sites for hydroxylation is 1. The van der Waals surface area contributed by atoms with Gasteiger partial charge in [-0.2, -0.15) is 5.10 Å². The summed E-state index contributed by atoms with van der Waals surface area (Å²) >= 11 is 1.78. The van der Waals surface area contributed by atoms with Gasteiger partial charge in [0.1, 0.15) is 0 Å². The minimum atomic E-state index is 0.642. The summed E-state index contributed by atoms with van der Waals surface area (Å²) in [7, 11) is 1.96. The van der Waals surface area contributed by atoms with Gasteiger partial charge in [-0.1, -0.05) is 0 Å². The van der Waals surface area contributed by atoms with Gasteiger partial charge >= 0.3 is 0 Å². The number of thiazole rings is 1. The fourth-order valence-corrected chi connectivity index (χ4v) is 3.27. The third-order valence-electron chi connectivity index (χ3n) is 3.29. The molecule has 4 nitrogen and oxygen atoms in total. The van der Waals surface area contributed by atoms with Crippen LogP contribution in [0.2, 0.25) is 0 Å². The van der Waals surface area contributed by atoms with Crippen LogP contribution in [-0.2, 0) is 7.05 Å². The third kappa shape index (κ3) is 2.12.